The van der Waals surface area contributed by atoms with Crippen molar-refractivity contribution in [3.05, 3.63) is 22.9 Å². The second-order valence-electron chi connectivity index (χ2n) is 4.24. The molecule has 0 bridgehead atoms. The Kier molecular flexibility index (Phi) is 2.56. The number of nitrogens with zero attached hydrogens (tertiary/aromatic N) is 3. The first-order valence-electron chi connectivity index (χ1n) is 5.54. The highest BCUT2D eigenvalue weighted by Crippen LogP contribution is 2.39. The zero-order valence-electron chi connectivity index (χ0n) is 10.2. The zero-order valence-corrected chi connectivity index (χ0v) is 11.0. The molecule has 0 spiro atoms. The van der Waals surface area contributed by atoms with E-state index in [0.29, 0.717) is 16.9 Å². The molecular weight excluding hydrogens is 273 g/mol. The summed E-state index contributed by atoms with van der Waals surface area (Å²) in [5, 5.41) is 0.504. The number of carbonyl (C=O) groups is 1. The molecule has 7 heteroatoms. The fourth-order valence-corrected chi connectivity index (χ4v) is 2.28. The number of aryl methyl sites for hydroxylation is 1. The fourth-order valence-electron chi connectivity index (χ4n) is 2.02. The van der Waals surface area contributed by atoms with Gasteiger partial charge in [-0.2, -0.15) is 0 Å². The molecule has 98 valence electrons. The monoisotopic (exact) mass is 281 g/mol. The highest BCUT2D eigenvalue weighted by atomic mass is 35.5. The third kappa shape index (κ3) is 1.71. The number of hydrogen-bond acceptors (Lipinski definition) is 4. The molecule has 2 heterocycles. The van der Waals surface area contributed by atoms with E-state index in [0.717, 1.165) is 0 Å². The van der Waals surface area contributed by atoms with Gasteiger partial charge in [0.15, 0.2) is 18.2 Å². The van der Waals surface area contributed by atoms with Crippen molar-refractivity contribution >= 4 is 34.1 Å². The van der Waals surface area contributed by atoms with Gasteiger partial charge >= 0.3 is 0 Å². The van der Waals surface area contributed by atoms with E-state index in [1.807, 2.05) is 0 Å². The predicted molar refractivity (Wildman–Crippen MR) is 68.1 cm³/mol. The Morgan fingerprint density at radius 3 is 2.95 bits per heavy atom. The van der Waals surface area contributed by atoms with Gasteiger partial charge in [-0.15, -0.1) is 0 Å². The van der Waals surface area contributed by atoms with Gasteiger partial charge < -0.3 is 9.64 Å². The molecule has 1 aromatic carbocycles. The summed E-state index contributed by atoms with van der Waals surface area (Å²) in [5.74, 6) is -0.491. The maximum Gasteiger partial charge on any atom is 0.264 e. The number of amides is 1. The Hall–Kier alpha value is -1.95. The largest absolute Gasteiger partial charge is 0.478 e. The van der Waals surface area contributed by atoms with Crippen molar-refractivity contribution in [2.24, 2.45) is 0 Å². The molecule has 1 aromatic heterocycles. The molecule has 0 N–H and O–H groups in total. The van der Waals surface area contributed by atoms with E-state index in [1.165, 1.54) is 4.90 Å². The van der Waals surface area contributed by atoms with Crippen LogP contribution in [0.5, 0.6) is 5.75 Å². The number of fused-ring (bicyclic) bond motifs is 2. The molecule has 3 rings (SSSR count). The number of anilines is 1. The van der Waals surface area contributed by atoms with Gasteiger partial charge in [-0.05, 0) is 13.0 Å². The average Bonchev–Trinajstić information content (AvgIpc) is 2.36. The molecule has 5 nitrogen and oxygen atoms in total. The van der Waals surface area contributed by atoms with Crippen LogP contribution in [0.25, 0.3) is 10.9 Å². The number of benzene rings is 1. The predicted octanol–water partition coefficient (Wildman–Crippen LogP) is 2.09. The molecule has 0 aliphatic carbocycles. The van der Waals surface area contributed by atoms with Gasteiger partial charge in [0.2, 0.25) is 0 Å². The molecule has 1 aliphatic heterocycles. The smallest absolute Gasteiger partial charge is 0.264 e. The topological polar surface area (TPSA) is 55.3 Å². The van der Waals surface area contributed by atoms with Crippen LogP contribution in [-0.2, 0) is 4.79 Å². The van der Waals surface area contributed by atoms with Crippen molar-refractivity contribution in [2.75, 3.05) is 18.6 Å². The van der Waals surface area contributed by atoms with Crippen LogP contribution in [0.2, 0.25) is 5.15 Å². The molecule has 0 radical (unpaired) electrons. The van der Waals surface area contributed by atoms with Crippen LogP contribution in [-0.4, -0.2) is 29.5 Å². The van der Waals surface area contributed by atoms with Gasteiger partial charge in [-0.25, -0.2) is 14.4 Å². The summed E-state index contributed by atoms with van der Waals surface area (Å²) in [6.07, 6.45) is 0. The first kappa shape index (κ1) is 12.1. The molecule has 0 unspecified atom stereocenters. The zero-order chi connectivity index (χ0) is 13.7. The van der Waals surface area contributed by atoms with E-state index in [1.54, 1.807) is 20.0 Å². The molecular formula is C12H9ClFN3O2. The standard InChI is InChI=1S/C12H9ClFN3O2/c1-5-15-10-6(12(13)16-5)3-7-11(9(10)14)19-4-8(18)17(7)2/h3H,4H2,1-2H3. The van der Waals surface area contributed by atoms with Crippen molar-refractivity contribution in [2.45, 2.75) is 6.92 Å². The third-order valence-corrected chi connectivity index (χ3v) is 3.30. The summed E-state index contributed by atoms with van der Waals surface area (Å²) in [6.45, 7) is 1.43. The number of ether oxygens (including phenoxy) is 1. The molecule has 0 saturated carbocycles. The normalized spacial score (nSPS) is 14.5. The Labute approximate surface area is 113 Å². The Morgan fingerprint density at radius 2 is 2.21 bits per heavy atom. The minimum absolute atomic E-state index is 0.0174. The van der Waals surface area contributed by atoms with Crippen LogP contribution in [0.4, 0.5) is 10.1 Å². The van der Waals surface area contributed by atoms with Gasteiger partial charge in [-0.3, -0.25) is 4.79 Å². The van der Waals surface area contributed by atoms with Crippen molar-refractivity contribution < 1.29 is 13.9 Å². The number of carbonyl (C=O) groups excluding carboxylic acids is 1. The van der Waals surface area contributed by atoms with E-state index in [4.69, 9.17) is 16.3 Å². The summed E-state index contributed by atoms with van der Waals surface area (Å²) in [7, 11) is 1.55. The van der Waals surface area contributed by atoms with Crippen molar-refractivity contribution in [3.8, 4) is 5.75 Å². The van der Waals surface area contributed by atoms with Gasteiger partial charge in [0.25, 0.3) is 5.91 Å². The van der Waals surface area contributed by atoms with Crippen molar-refractivity contribution in [3.63, 3.8) is 0 Å². The lowest BCUT2D eigenvalue weighted by Gasteiger charge is -2.26. The molecule has 0 atom stereocenters. The van der Waals surface area contributed by atoms with E-state index in [2.05, 4.69) is 9.97 Å². The van der Waals surface area contributed by atoms with E-state index in [9.17, 15) is 9.18 Å². The minimum Gasteiger partial charge on any atom is -0.478 e. The third-order valence-electron chi connectivity index (χ3n) is 3.01. The van der Waals surface area contributed by atoms with Crippen LogP contribution < -0.4 is 9.64 Å². The molecule has 0 saturated heterocycles. The first-order chi connectivity index (χ1) is 8.99. The maximum absolute atomic E-state index is 14.4. The van der Waals surface area contributed by atoms with E-state index >= 15 is 0 Å². The summed E-state index contributed by atoms with van der Waals surface area (Å²) in [4.78, 5) is 20.9. The molecule has 0 fully saturated rings. The number of likely N-dealkylation sites (N-methyl/N-ethyl adjacent to an activating group) is 1. The van der Waals surface area contributed by atoms with Crippen LogP contribution >= 0.6 is 11.6 Å². The molecule has 1 amide bonds. The van der Waals surface area contributed by atoms with Crippen LogP contribution in [0.15, 0.2) is 6.07 Å². The summed E-state index contributed by atoms with van der Waals surface area (Å²) < 4.78 is 19.6. The summed E-state index contributed by atoms with van der Waals surface area (Å²) >= 11 is 6.00. The van der Waals surface area contributed by atoms with E-state index < -0.39 is 5.82 Å². The fraction of sp³-hybridized carbons (Fsp3) is 0.250. The lowest BCUT2D eigenvalue weighted by Crippen LogP contribution is -2.35. The Bertz CT molecular complexity index is 720. The summed E-state index contributed by atoms with van der Waals surface area (Å²) in [5.41, 5.74) is 0.426. The molecule has 19 heavy (non-hydrogen) atoms. The van der Waals surface area contributed by atoms with Gasteiger partial charge in [0.05, 0.1) is 5.69 Å². The highest BCUT2D eigenvalue weighted by Gasteiger charge is 2.28. The van der Waals surface area contributed by atoms with Crippen LogP contribution in [0.3, 0.4) is 0 Å². The minimum atomic E-state index is -0.626. The van der Waals surface area contributed by atoms with Crippen LogP contribution in [0.1, 0.15) is 5.82 Å². The van der Waals surface area contributed by atoms with Gasteiger partial charge in [-0.1, -0.05) is 11.6 Å². The average molecular weight is 282 g/mol. The van der Waals surface area contributed by atoms with E-state index in [-0.39, 0.29) is 28.9 Å². The van der Waals surface area contributed by atoms with Crippen LogP contribution in [0, 0.1) is 12.7 Å². The molecule has 2 aromatic rings. The van der Waals surface area contributed by atoms with Gasteiger partial charge in [0.1, 0.15) is 16.5 Å². The van der Waals surface area contributed by atoms with Crippen molar-refractivity contribution in [1.29, 1.82) is 0 Å². The number of hydrogen-bond donors (Lipinski definition) is 0. The first-order valence-corrected chi connectivity index (χ1v) is 5.92. The SMILES string of the molecule is Cc1nc(Cl)c2cc3c(c(F)c2n1)OCC(=O)N3C. The number of aromatic nitrogens is 2. The lowest BCUT2D eigenvalue weighted by molar-refractivity contribution is -0.121. The Morgan fingerprint density at radius 1 is 1.47 bits per heavy atom. The lowest BCUT2D eigenvalue weighted by atomic mass is 10.1. The number of rotatable bonds is 0. The second kappa shape index (κ2) is 4.03. The van der Waals surface area contributed by atoms with Crippen molar-refractivity contribution in [1.82, 2.24) is 9.97 Å². The quantitative estimate of drug-likeness (QED) is 0.694. The maximum atomic E-state index is 14.4. The highest BCUT2D eigenvalue weighted by molar-refractivity contribution is 6.34. The summed E-state index contributed by atoms with van der Waals surface area (Å²) in [6, 6.07) is 1.56. The molecule has 1 aliphatic rings. The number of halogens is 2. The second-order valence-corrected chi connectivity index (χ2v) is 4.60. The van der Waals surface area contributed by atoms with Gasteiger partial charge in [0, 0.05) is 12.4 Å². The Balaban J connectivity index is 2.39.